The van der Waals surface area contributed by atoms with E-state index in [0.29, 0.717) is 29.0 Å². The molecule has 34 heavy (non-hydrogen) atoms. The van der Waals surface area contributed by atoms with Crippen molar-refractivity contribution in [3.63, 3.8) is 0 Å². The lowest BCUT2D eigenvalue weighted by Crippen LogP contribution is -2.41. The van der Waals surface area contributed by atoms with Crippen LogP contribution in [-0.4, -0.2) is 22.0 Å². The number of aryl methyl sites for hydroxylation is 2. The molecule has 174 valence electrons. The first-order valence-corrected chi connectivity index (χ1v) is 11.7. The fourth-order valence-corrected chi connectivity index (χ4v) is 3.71. The van der Waals surface area contributed by atoms with Gasteiger partial charge in [0, 0.05) is 34.4 Å². The van der Waals surface area contributed by atoms with Crippen LogP contribution in [0.2, 0.25) is 5.02 Å². The SMILES string of the molecule is Cc1cc(OCc2ccc(C(=O)NNC(=O)CCc3nnc(-c4ccsc4)o3)cc2)ccc1Cl. The number of aromatic nitrogens is 2. The molecule has 0 aliphatic carbocycles. The molecule has 0 saturated heterocycles. The number of ether oxygens (including phenoxy) is 1. The Kier molecular flexibility index (Phi) is 7.56. The van der Waals surface area contributed by atoms with E-state index >= 15 is 0 Å². The number of carbonyl (C=O) groups excluding carboxylic acids is 2. The van der Waals surface area contributed by atoms with E-state index in [4.69, 9.17) is 20.8 Å². The second-order valence-corrected chi connectivity index (χ2v) is 8.60. The fourth-order valence-electron chi connectivity index (χ4n) is 2.97. The number of carbonyl (C=O) groups is 2. The summed E-state index contributed by atoms with van der Waals surface area (Å²) < 4.78 is 11.3. The molecule has 0 fully saturated rings. The van der Waals surface area contributed by atoms with Crippen molar-refractivity contribution in [3.05, 3.63) is 86.9 Å². The Hall–Kier alpha value is -3.69. The second-order valence-electron chi connectivity index (χ2n) is 7.41. The highest BCUT2D eigenvalue weighted by Gasteiger charge is 2.12. The highest BCUT2D eigenvalue weighted by Crippen LogP contribution is 2.22. The van der Waals surface area contributed by atoms with Gasteiger partial charge in [0.05, 0.1) is 0 Å². The summed E-state index contributed by atoms with van der Waals surface area (Å²) in [5, 5.41) is 12.4. The summed E-state index contributed by atoms with van der Waals surface area (Å²) in [6.07, 6.45) is 0.354. The minimum Gasteiger partial charge on any atom is -0.489 e. The van der Waals surface area contributed by atoms with Gasteiger partial charge < -0.3 is 9.15 Å². The van der Waals surface area contributed by atoms with Gasteiger partial charge in [-0.3, -0.25) is 20.4 Å². The molecule has 4 aromatic rings. The van der Waals surface area contributed by atoms with Crippen LogP contribution >= 0.6 is 22.9 Å². The maximum atomic E-state index is 12.3. The largest absolute Gasteiger partial charge is 0.489 e. The summed E-state index contributed by atoms with van der Waals surface area (Å²) in [5.41, 5.74) is 7.89. The molecule has 2 N–H and O–H groups in total. The number of hydrazine groups is 1. The summed E-state index contributed by atoms with van der Waals surface area (Å²) in [5.74, 6) is 0.699. The number of nitrogens with one attached hydrogen (secondary N) is 2. The highest BCUT2D eigenvalue weighted by molar-refractivity contribution is 7.08. The second kappa shape index (κ2) is 11.0. The summed E-state index contributed by atoms with van der Waals surface area (Å²) in [6, 6.07) is 14.3. The maximum absolute atomic E-state index is 12.3. The van der Waals surface area contributed by atoms with Crippen LogP contribution in [0.4, 0.5) is 0 Å². The minimum absolute atomic E-state index is 0.0893. The van der Waals surface area contributed by atoms with Crippen molar-refractivity contribution in [2.45, 2.75) is 26.4 Å². The van der Waals surface area contributed by atoms with Crippen LogP contribution in [0.25, 0.3) is 11.5 Å². The van der Waals surface area contributed by atoms with Crippen LogP contribution in [0.1, 0.15) is 33.8 Å². The molecule has 2 heterocycles. The van der Waals surface area contributed by atoms with Crippen LogP contribution in [0.15, 0.2) is 63.7 Å². The molecule has 0 aliphatic rings. The van der Waals surface area contributed by atoms with Gasteiger partial charge >= 0.3 is 0 Å². The van der Waals surface area contributed by atoms with Gasteiger partial charge in [0.2, 0.25) is 17.7 Å². The zero-order chi connectivity index (χ0) is 23.9. The molecule has 2 amide bonds. The third kappa shape index (κ3) is 6.21. The lowest BCUT2D eigenvalue weighted by Gasteiger charge is -2.09. The van der Waals surface area contributed by atoms with Crippen molar-refractivity contribution in [2.75, 3.05) is 0 Å². The third-order valence-corrected chi connectivity index (χ3v) is 5.97. The van der Waals surface area contributed by atoms with Gasteiger partial charge in [-0.2, -0.15) is 11.3 Å². The average molecular weight is 497 g/mol. The minimum atomic E-state index is -0.424. The number of hydrogen-bond donors (Lipinski definition) is 2. The molecule has 0 atom stereocenters. The van der Waals surface area contributed by atoms with E-state index < -0.39 is 5.91 Å². The topological polar surface area (TPSA) is 106 Å². The number of rotatable bonds is 8. The molecule has 0 radical (unpaired) electrons. The van der Waals surface area contributed by atoms with E-state index in [0.717, 1.165) is 22.4 Å². The normalized spacial score (nSPS) is 10.6. The van der Waals surface area contributed by atoms with Crippen LogP contribution < -0.4 is 15.6 Å². The van der Waals surface area contributed by atoms with Crippen molar-refractivity contribution in [3.8, 4) is 17.2 Å². The number of nitrogens with zero attached hydrogens (tertiary/aromatic N) is 2. The molecule has 2 aromatic heterocycles. The lowest BCUT2D eigenvalue weighted by molar-refractivity contribution is -0.121. The molecule has 0 aliphatic heterocycles. The van der Waals surface area contributed by atoms with E-state index in [1.165, 1.54) is 11.3 Å². The Morgan fingerprint density at radius 2 is 1.91 bits per heavy atom. The molecule has 0 saturated carbocycles. The van der Waals surface area contributed by atoms with Crippen LogP contribution in [0.5, 0.6) is 5.75 Å². The molecule has 0 unspecified atom stereocenters. The standard InChI is InChI=1S/C24H21ClN4O4S/c1-15-12-19(6-7-20(15)25)32-13-16-2-4-17(5-3-16)23(31)28-26-21(30)8-9-22-27-29-24(33-22)18-10-11-34-14-18/h2-7,10-12,14H,8-9,13H2,1H3,(H,26,30)(H,28,31). The van der Waals surface area contributed by atoms with Crippen molar-refractivity contribution >= 4 is 34.8 Å². The number of amides is 2. The molecule has 2 aromatic carbocycles. The van der Waals surface area contributed by atoms with Crippen LogP contribution in [0, 0.1) is 6.92 Å². The lowest BCUT2D eigenvalue weighted by atomic mass is 10.1. The van der Waals surface area contributed by atoms with E-state index in [2.05, 4.69) is 21.0 Å². The molecule has 10 heteroatoms. The third-order valence-electron chi connectivity index (χ3n) is 4.87. The summed E-state index contributed by atoms with van der Waals surface area (Å²) in [4.78, 5) is 24.4. The van der Waals surface area contributed by atoms with Crippen molar-refractivity contribution in [1.29, 1.82) is 0 Å². The Morgan fingerprint density at radius 1 is 1.09 bits per heavy atom. The summed E-state index contributed by atoms with van der Waals surface area (Å²) >= 11 is 7.56. The first-order chi connectivity index (χ1) is 16.5. The monoisotopic (exact) mass is 496 g/mol. The van der Waals surface area contributed by atoms with E-state index in [1.54, 1.807) is 36.4 Å². The average Bonchev–Trinajstić information content (AvgIpc) is 3.54. The van der Waals surface area contributed by atoms with Gasteiger partial charge in [0.25, 0.3) is 5.91 Å². The fraction of sp³-hybridized carbons (Fsp3) is 0.167. The Balaban J connectivity index is 1.20. The molecular formula is C24H21ClN4O4S. The number of thiophene rings is 1. The van der Waals surface area contributed by atoms with Crippen LogP contribution in [-0.2, 0) is 17.8 Å². The van der Waals surface area contributed by atoms with Gasteiger partial charge in [-0.15, -0.1) is 10.2 Å². The van der Waals surface area contributed by atoms with Crippen molar-refractivity contribution < 1.29 is 18.7 Å². The Bertz CT molecular complexity index is 1270. The van der Waals surface area contributed by atoms with Gasteiger partial charge in [-0.05, 0) is 59.8 Å². The molecule has 8 nitrogen and oxygen atoms in total. The molecule has 0 bridgehead atoms. The summed E-state index contributed by atoms with van der Waals surface area (Å²) in [6.45, 7) is 2.26. The Morgan fingerprint density at radius 3 is 2.65 bits per heavy atom. The Labute approximate surface area is 204 Å². The molecule has 4 rings (SSSR count). The molecular weight excluding hydrogens is 476 g/mol. The molecule has 0 spiro atoms. The summed E-state index contributed by atoms with van der Waals surface area (Å²) in [7, 11) is 0. The zero-order valence-electron chi connectivity index (χ0n) is 18.2. The first-order valence-electron chi connectivity index (χ1n) is 10.4. The zero-order valence-corrected chi connectivity index (χ0v) is 19.8. The van der Waals surface area contributed by atoms with E-state index in [-0.39, 0.29) is 18.7 Å². The number of hydrogen-bond acceptors (Lipinski definition) is 7. The first kappa shape index (κ1) is 23.5. The predicted octanol–water partition coefficient (Wildman–Crippen LogP) is 4.73. The highest BCUT2D eigenvalue weighted by atomic mass is 35.5. The van der Waals surface area contributed by atoms with Gasteiger partial charge in [0.15, 0.2) is 0 Å². The van der Waals surface area contributed by atoms with Gasteiger partial charge in [-0.25, -0.2) is 0 Å². The van der Waals surface area contributed by atoms with Crippen molar-refractivity contribution in [1.82, 2.24) is 21.0 Å². The van der Waals surface area contributed by atoms with Crippen molar-refractivity contribution in [2.24, 2.45) is 0 Å². The smallest absolute Gasteiger partial charge is 0.269 e. The van der Waals surface area contributed by atoms with E-state index in [9.17, 15) is 9.59 Å². The van der Waals surface area contributed by atoms with Crippen LogP contribution in [0.3, 0.4) is 0 Å². The number of benzene rings is 2. The van der Waals surface area contributed by atoms with Gasteiger partial charge in [0.1, 0.15) is 12.4 Å². The quantitative estimate of drug-likeness (QED) is 0.341. The van der Waals surface area contributed by atoms with Gasteiger partial charge in [-0.1, -0.05) is 23.7 Å². The maximum Gasteiger partial charge on any atom is 0.269 e. The number of halogens is 1. The predicted molar refractivity (Wildman–Crippen MR) is 129 cm³/mol. The van der Waals surface area contributed by atoms with E-state index in [1.807, 2.05) is 29.8 Å².